The molecule has 0 saturated heterocycles. The fourth-order valence-corrected chi connectivity index (χ4v) is 2.13. The number of nitrogens with zero attached hydrogens (tertiary/aromatic N) is 3. The number of halogens is 2. The zero-order chi connectivity index (χ0) is 13.5. The predicted octanol–water partition coefficient (Wildman–Crippen LogP) is 3.25. The molecule has 0 aliphatic carbocycles. The first-order valence-electron chi connectivity index (χ1n) is 6.18. The molecule has 1 rings (SSSR count). The van der Waals surface area contributed by atoms with Crippen molar-refractivity contribution in [3.8, 4) is 0 Å². The lowest BCUT2D eigenvalue weighted by Gasteiger charge is -2.25. The molecule has 0 fully saturated rings. The van der Waals surface area contributed by atoms with E-state index in [2.05, 4.69) is 35.8 Å². The van der Waals surface area contributed by atoms with E-state index >= 15 is 0 Å². The second-order valence-corrected chi connectivity index (χ2v) is 5.23. The highest BCUT2D eigenvalue weighted by Crippen LogP contribution is 2.22. The van der Waals surface area contributed by atoms with E-state index in [0.29, 0.717) is 10.9 Å². The van der Waals surface area contributed by atoms with E-state index in [-0.39, 0.29) is 0 Å². The van der Waals surface area contributed by atoms with Gasteiger partial charge in [-0.1, -0.05) is 18.5 Å². The summed E-state index contributed by atoms with van der Waals surface area (Å²) in [6.45, 7) is 5.11. The fraction of sp³-hybridized carbons (Fsp3) is 0.615. The lowest BCUT2D eigenvalue weighted by Crippen LogP contribution is -2.33. The van der Waals surface area contributed by atoms with Crippen molar-refractivity contribution in [3.63, 3.8) is 0 Å². The summed E-state index contributed by atoms with van der Waals surface area (Å²) < 4.78 is 0. The van der Waals surface area contributed by atoms with E-state index in [4.69, 9.17) is 23.2 Å². The Bertz CT molecular complexity index is 369. The highest BCUT2D eigenvalue weighted by Gasteiger charge is 2.10. The van der Waals surface area contributed by atoms with Crippen molar-refractivity contribution in [2.24, 2.45) is 0 Å². The summed E-state index contributed by atoms with van der Waals surface area (Å²) in [4.78, 5) is 8.84. The maximum Gasteiger partial charge on any atom is 0.128 e. The van der Waals surface area contributed by atoms with Gasteiger partial charge in [-0.3, -0.25) is 0 Å². The van der Waals surface area contributed by atoms with Crippen LogP contribution in [0.5, 0.6) is 0 Å². The first-order chi connectivity index (χ1) is 8.58. The Balaban J connectivity index is 2.83. The Morgan fingerprint density at radius 1 is 1.22 bits per heavy atom. The van der Waals surface area contributed by atoms with Crippen molar-refractivity contribution >= 4 is 29.0 Å². The van der Waals surface area contributed by atoms with E-state index in [1.54, 1.807) is 6.20 Å². The van der Waals surface area contributed by atoms with E-state index in [1.807, 2.05) is 6.07 Å². The summed E-state index contributed by atoms with van der Waals surface area (Å²) in [6, 6.07) is 1.99. The fourth-order valence-electron chi connectivity index (χ4n) is 1.67. The van der Waals surface area contributed by atoms with Gasteiger partial charge in [0.15, 0.2) is 0 Å². The van der Waals surface area contributed by atoms with Gasteiger partial charge in [-0.15, -0.1) is 11.6 Å². The smallest absolute Gasteiger partial charge is 0.128 e. The van der Waals surface area contributed by atoms with Crippen molar-refractivity contribution in [1.29, 1.82) is 0 Å². The van der Waals surface area contributed by atoms with Gasteiger partial charge in [-0.2, -0.15) is 0 Å². The molecule has 0 N–H and O–H groups in total. The number of hydrogen-bond donors (Lipinski definition) is 0. The molecular weight excluding hydrogens is 269 g/mol. The summed E-state index contributed by atoms with van der Waals surface area (Å²) in [5.41, 5.74) is 0.939. The van der Waals surface area contributed by atoms with Crippen LogP contribution in [0.4, 0.5) is 5.82 Å². The number of rotatable bonds is 7. The molecule has 0 aliphatic heterocycles. The molecule has 0 aliphatic rings. The molecule has 0 amide bonds. The number of hydrogen-bond acceptors (Lipinski definition) is 3. The van der Waals surface area contributed by atoms with Crippen LogP contribution in [0.25, 0.3) is 0 Å². The highest BCUT2D eigenvalue weighted by molar-refractivity contribution is 6.32. The number of anilines is 1. The minimum Gasteiger partial charge on any atom is -0.355 e. The summed E-state index contributed by atoms with van der Waals surface area (Å²) >= 11 is 11.9. The Hall–Kier alpha value is -0.510. The molecule has 1 aromatic heterocycles. The van der Waals surface area contributed by atoms with Gasteiger partial charge in [-0.25, -0.2) is 4.98 Å². The van der Waals surface area contributed by atoms with Crippen LogP contribution < -0.4 is 4.90 Å². The Morgan fingerprint density at radius 2 is 1.94 bits per heavy atom. The average molecular weight is 290 g/mol. The first kappa shape index (κ1) is 15.5. The topological polar surface area (TPSA) is 19.4 Å². The maximum absolute atomic E-state index is 6.03. The number of likely N-dealkylation sites (N-methyl/N-ethyl adjacent to an activating group) is 1. The lowest BCUT2D eigenvalue weighted by molar-refractivity contribution is 0.412. The summed E-state index contributed by atoms with van der Waals surface area (Å²) in [6.07, 6.45) is 2.78. The molecule has 102 valence electrons. The van der Waals surface area contributed by atoms with E-state index < -0.39 is 0 Å². The van der Waals surface area contributed by atoms with Crippen LogP contribution in [0, 0.1) is 0 Å². The normalized spacial score (nSPS) is 11.0. The SMILES string of the molecule is CCCN(CCN(C)C)c1cc(CCl)c(Cl)cn1. The number of pyridine rings is 1. The molecule has 0 atom stereocenters. The second-order valence-electron chi connectivity index (χ2n) is 4.56. The number of aromatic nitrogens is 1. The zero-order valence-electron chi connectivity index (χ0n) is 11.3. The van der Waals surface area contributed by atoms with E-state index in [9.17, 15) is 0 Å². The molecule has 3 nitrogen and oxygen atoms in total. The maximum atomic E-state index is 6.03. The van der Waals surface area contributed by atoms with Gasteiger partial charge in [0.2, 0.25) is 0 Å². The molecule has 1 heterocycles. The molecule has 0 aromatic carbocycles. The van der Waals surface area contributed by atoms with Crippen LogP contribution >= 0.6 is 23.2 Å². The van der Waals surface area contributed by atoms with Crippen LogP contribution in [-0.2, 0) is 5.88 Å². The van der Waals surface area contributed by atoms with E-state index in [1.165, 1.54) is 0 Å². The minimum atomic E-state index is 0.419. The van der Waals surface area contributed by atoms with Crippen molar-refractivity contribution in [1.82, 2.24) is 9.88 Å². The average Bonchev–Trinajstić information content (AvgIpc) is 2.35. The third kappa shape index (κ3) is 4.63. The molecule has 18 heavy (non-hydrogen) atoms. The van der Waals surface area contributed by atoms with Crippen LogP contribution in [0.1, 0.15) is 18.9 Å². The lowest BCUT2D eigenvalue weighted by atomic mass is 10.2. The molecule has 0 saturated carbocycles. The third-order valence-corrected chi connectivity index (χ3v) is 3.33. The van der Waals surface area contributed by atoms with Gasteiger partial charge in [-0.05, 0) is 32.1 Å². The molecular formula is C13H21Cl2N3. The minimum absolute atomic E-state index is 0.419. The molecule has 5 heteroatoms. The Labute approximate surface area is 120 Å². The van der Waals surface area contributed by atoms with Gasteiger partial charge in [0.1, 0.15) is 5.82 Å². The Kier molecular flexibility index (Phi) is 6.76. The summed E-state index contributed by atoms with van der Waals surface area (Å²) in [5, 5.41) is 0.637. The van der Waals surface area contributed by atoms with Gasteiger partial charge in [0, 0.05) is 31.7 Å². The summed E-state index contributed by atoms with van der Waals surface area (Å²) in [5.74, 6) is 1.38. The van der Waals surface area contributed by atoms with Crippen LogP contribution in [0.15, 0.2) is 12.3 Å². The first-order valence-corrected chi connectivity index (χ1v) is 7.09. The zero-order valence-corrected chi connectivity index (χ0v) is 12.8. The van der Waals surface area contributed by atoms with Crippen LogP contribution in [0.3, 0.4) is 0 Å². The van der Waals surface area contributed by atoms with Crippen LogP contribution in [-0.4, -0.2) is 43.6 Å². The monoisotopic (exact) mass is 289 g/mol. The Morgan fingerprint density at radius 3 is 2.50 bits per heavy atom. The van der Waals surface area contributed by atoms with Gasteiger partial charge < -0.3 is 9.80 Å². The molecule has 1 aromatic rings. The molecule has 0 radical (unpaired) electrons. The van der Waals surface area contributed by atoms with Gasteiger partial charge in [0.25, 0.3) is 0 Å². The van der Waals surface area contributed by atoms with Crippen molar-refractivity contribution in [2.75, 3.05) is 38.6 Å². The van der Waals surface area contributed by atoms with Gasteiger partial charge in [0.05, 0.1) is 5.02 Å². The third-order valence-electron chi connectivity index (χ3n) is 2.70. The quantitative estimate of drug-likeness (QED) is 0.719. The second kappa shape index (κ2) is 7.82. The standard InChI is InChI=1S/C13H21Cl2N3/c1-4-5-18(7-6-17(2)3)13-8-11(9-14)12(15)10-16-13/h8,10H,4-7,9H2,1-3H3. The molecule has 0 unspecified atom stereocenters. The molecule has 0 bridgehead atoms. The summed E-state index contributed by atoms with van der Waals surface area (Å²) in [7, 11) is 4.15. The number of alkyl halides is 1. The van der Waals surface area contributed by atoms with Crippen molar-refractivity contribution < 1.29 is 0 Å². The van der Waals surface area contributed by atoms with Crippen molar-refractivity contribution in [2.45, 2.75) is 19.2 Å². The van der Waals surface area contributed by atoms with E-state index in [0.717, 1.165) is 37.4 Å². The predicted molar refractivity (Wildman–Crippen MR) is 79.9 cm³/mol. The van der Waals surface area contributed by atoms with Crippen molar-refractivity contribution in [3.05, 3.63) is 22.8 Å². The largest absolute Gasteiger partial charge is 0.355 e. The van der Waals surface area contributed by atoms with Gasteiger partial charge >= 0.3 is 0 Å². The van der Waals surface area contributed by atoms with Crippen LogP contribution in [0.2, 0.25) is 5.02 Å². The highest BCUT2D eigenvalue weighted by atomic mass is 35.5. The molecule has 0 spiro atoms.